The summed E-state index contributed by atoms with van der Waals surface area (Å²) in [6, 6.07) is 5.26. The van der Waals surface area contributed by atoms with E-state index in [0.717, 1.165) is 5.56 Å². The Hall–Kier alpha value is -0.770. The van der Waals surface area contributed by atoms with Crippen molar-refractivity contribution in [3.05, 3.63) is 33.8 Å². The van der Waals surface area contributed by atoms with Gasteiger partial charge >= 0.3 is 0 Å². The average molecular weight is 303 g/mol. The van der Waals surface area contributed by atoms with Gasteiger partial charge in [-0.3, -0.25) is 4.79 Å². The molecule has 0 bridgehead atoms. The van der Waals surface area contributed by atoms with Gasteiger partial charge in [-0.25, -0.2) is 0 Å². The molecule has 0 fully saturated rings. The van der Waals surface area contributed by atoms with Crippen LogP contribution in [-0.2, 0) is 11.3 Å². The molecule has 1 aromatic rings. The first-order valence-corrected chi connectivity index (χ1v) is 7.00. The van der Waals surface area contributed by atoms with E-state index in [1.807, 2.05) is 19.9 Å². The molecule has 3 nitrogen and oxygen atoms in total. The minimum Gasteiger partial charge on any atom is -0.341 e. The van der Waals surface area contributed by atoms with Crippen LogP contribution in [0.1, 0.15) is 25.8 Å². The zero-order valence-electron chi connectivity index (χ0n) is 11.5. The second kappa shape index (κ2) is 7.13. The van der Waals surface area contributed by atoms with Crippen LogP contribution in [0.25, 0.3) is 0 Å². The van der Waals surface area contributed by atoms with Crippen LogP contribution in [-0.4, -0.2) is 23.9 Å². The topological polar surface area (TPSA) is 46.3 Å². The van der Waals surface area contributed by atoms with Crippen molar-refractivity contribution in [1.29, 1.82) is 0 Å². The summed E-state index contributed by atoms with van der Waals surface area (Å²) >= 11 is 11.8. The van der Waals surface area contributed by atoms with Gasteiger partial charge in [0, 0.05) is 26.1 Å². The van der Waals surface area contributed by atoms with Crippen molar-refractivity contribution in [2.75, 3.05) is 7.05 Å². The standard InChI is InChI=1S/C14H20Cl2N2O/c1-9(2)13(17)7-14(19)18(3)8-10-4-5-11(15)12(16)6-10/h4-6,9,13H,7-8,17H2,1-3H3. The van der Waals surface area contributed by atoms with Gasteiger partial charge in [-0.15, -0.1) is 0 Å². The van der Waals surface area contributed by atoms with E-state index < -0.39 is 0 Å². The second-order valence-corrected chi connectivity index (χ2v) is 5.92. The van der Waals surface area contributed by atoms with E-state index in [2.05, 4.69) is 0 Å². The van der Waals surface area contributed by atoms with E-state index in [-0.39, 0.29) is 11.9 Å². The zero-order valence-corrected chi connectivity index (χ0v) is 13.0. The first-order chi connectivity index (χ1) is 8.81. The highest BCUT2D eigenvalue weighted by Gasteiger charge is 2.16. The molecule has 0 radical (unpaired) electrons. The van der Waals surface area contributed by atoms with Crippen molar-refractivity contribution in [3.8, 4) is 0 Å². The molecule has 2 N–H and O–H groups in total. The first kappa shape index (κ1) is 16.3. The van der Waals surface area contributed by atoms with E-state index in [1.165, 1.54) is 0 Å². The highest BCUT2D eigenvalue weighted by molar-refractivity contribution is 6.42. The molecule has 1 unspecified atom stereocenters. The molecule has 1 amide bonds. The molecule has 0 aliphatic rings. The summed E-state index contributed by atoms with van der Waals surface area (Å²) in [5, 5.41) is 1.01. The zero-order chi connectivity index (χ0) is 14.6. The smallest absolute Gasteiger partial charge is 0.224 e. The largest absolute Gasteiger partial charge is 0.341 e. The molecule has 0 aliphatic heterocycles. The summed E-state index contributed by atoms with van der Waals surface area (Å²) in [5.41, 5.74) is 6.85. The fourth-order valence-electron chi connectivity index (χ4n) is 1.59. The molecule has 19 heavy (non-hydrogen) atoms. The fraction of sp³-hybridized carbons (Fsp3) is 0.500. The molecule has 0 saturated carbocycles. The van der Waals surface area contributed by atoms with Crippen LogP contribution in [0.15, 0.2) is 18.2 Å². The van der Waals surface area contributed by atoms with Gasteiger partial charge in [0.1, 0.15) is 0 Å². The average Bonchev–Trinajstić information content (AvgIpc) is 2.33. The quantitative estimate of drug-likeness (QED) is 0.907. The lowest BCUT2D eigenvalue weighted by molar-refractivity contribution is -0.131. The number of nitrogens with zero attached hydrogens (tertiary/aromatic N) is 1. The Morgan fingerprint density at radius 3 is 2.47 bits per heavy atom. The summed E-state index contributed by atoms with van der Waals surface area (Å²) in [7, 11) is 1.76. The Labute approximate surface area is 124 Å². The molecule has 1 aromatic carbocycles. The Morgan fingerprint density at radius 2 is 1.95 bits per heavy atom. The van der Waals surface area contributed by atoms with Crippen LogP contribution >= 0.6 is 23.2 Å². The molecular formula is C14H20Cl2N2O. The number of nitrogens with two attached hydrogens (primary N) is 1. The van der Waals surface area contributed by atoms with E-state index in [1.54, 1.807) is 24.1 Å². The SMILES string of the molecule is CC(C)C(N)CC(=O)N(C)Cc1ccc(Cl)c(Cl)c1. The molecule has 5 heteroatoms. The van der Waals surface area contributed by atoms with E-state index in [9.17, 15) is 4.79 Å². The van der Waals surface area contributed by atoms with Crippen molar-refractivity contribution >= 4 is 29.1 Å². The molecule has 106 valence electrons. The van der Waals surface area contributed by atoms with Crippen LogP contribution in [0.2, 0.25) is 10.0 Å². The Morgan fingerprint density at radius 1 is 1.32 bits per heavy atom. The number of amides is 1. The minimum absolute atomic E-state index is 0.0345. The predicted molar refractivity (Wildman–Crippen MR) is 80.4 cm³/mol. The Balaban J connectivity index is 2.61. The van der Waals surface area contributed by atoms with E-state index >= 15 is 0 Å². The number of carbonyl (C=O) groups is 1. The molecule has 0 aromatic heterocycles. The van der Waals surface area contributed by atoms with Gasteiger partial charge in [-0.05, 0) is 23.6 Å². The predicted octanol–water partition coefficient (Wildman–Crippen LogP) is 3.33. The number of hydrogen-bond donors (Lipinski definition) is 1. The van der Waals surface area contributed by atoms with Crippen molar-refractivity contribution in [1.82, 2.24) is 4.90 Å². The lowest BCUT2D eigenvalue weighted by Crippen LogP contribution is -2.35. The summed E-state index contributed by atoms with van der Waals surface area (Å²) in [6.45, 7) is 4.52. The molecule has 1 atom stereocenters. The monoisotopic (exact) mass is 302 g/mol. The van der Waals surface area contributed by atoms with E-state index in [4.69, 9.17) is 28.9 Å². The second-order valence-electron chi connectivity index (χ2n) is 5.11. The van der Waals surface area contributed by atoms with Gasteiger partial charge in [0.25, 0.3) is 0 Å². The van der Waals surface area contributed by atoms with Crippen molar-refractivity contribution in [3.63, 3.8) is 0 Å². The van der Waals surface area contributed by atoms with Crippen molar-refractivity contribution < 1.29 is 4.79 Å². The summed E-state index contributed by atoms with van der Waals surface area (Å²) in [5.74, 6) is 0.328. The minimum atomic E-state index is -0.108. The fourth-order valence-corrected chi connectivity index (χ4v) is 1.91. The molecule has 1 rings (SSSR count). The molecule has 0 spiro atoms. The van der Waals surface area contributed by atoms with Crippen LogP contribution in [0.4, 0.5) is 0 Å². The van der Waals surface area contributed by atoms with Gasteiger partial charge in [-0.1, -0.05) is 43.1 Å². The maximum Gasteiger partial charge on any atom is 0.224 e. The number of rotatable bonds is 5. The van der Waals surface area contributed by atoms with E-state index in [0.29, 0.717) is 28.9 Å². The van der Waals surface area contributed by atoms with Crippen molar-refractivity contribution in [2.45, 2.75) is 32.9 Å². The number of benzene rings is 1. The third-order valence-electron chi connectivity index (χ3n) is 3.10. The Bertz CT molecular complexity index is 449. The third kappa shape index (κ3) is 5.01. The van der Waals surface area contributed by atoms with Crippen LogP contribution < -0.4 is 5.73 Å². The van der Waals surface area contributed by atoms with Gasteiger partial charge in [0.05, 0.1) is 10.0 Å². The maximum absolute atomic E-state index is 12.0. The maximum atomic E-state index is 12.0. The highest BCUT2D eigenvalue weighted by atomic mass is 35.5. The number of halogens is 2. The first-order valence-electron chi connectivity index (χ1n) is 6.24. The van der Waals surface area contributed by atoms with Gasteiger partial charge in [0.2, 0.25) is 5.91 Å². The normalized spacial score (nSPS) is 12.6. The number of carbonyl (C=O) groups excluding carboxylic acids is 1. The lowest BCUT2D eigenvalue weighted by atomic mass is 10.0. The summed E-state index contributed by atoms with van der Waals surface area (Å²) in [6.07, 6.45) is 0.357. The van der Waals surface area contributed by atoms with Crippen LogP contribution in [0.5, 0.6) is 0 Å². The molecule has 0 saturated heterocycles. The lowest BCUT2D eigenvalue weighted by Gasteiger charge is -2.21. The van der Waals surface area contributed by atoms with Gasteiger partial charge < -0.3 is 10.6 Å². The Kier molecular flexibility index (Phi) is 6.11. The van der Waals surface area contributed by atoms with Gasteiger partial charge in [-0.2, -0.15) is 0 Å². The van der Waals surface area contributed by atoms with Crippen LogP contribution in [0.3, 0.4) is 0 Å². The van der Waals surface area contributed by atoms with Crippen molar-refractivity contribution in [2.24, 2.45) is 11.7 Å². The molecule has 0 aliphatic carbocycles. The third-order valence-corrected chi connectivity index (χ3v) is 3.84. The summed E-state index contributed by atoms with van der Waals surface area (Å²) in [4.78, 5) is 13.7. The molecular weight excluding hydrogens is 283 g/mol. The molecule has 0 heterocycles. The highest BCUT2D eigenvalue weighted by Crippen LogP contribution is 2.23. The van der Waals surface area contributed by atoms with Gasteiger partial charge in [0.15, 0.2) is 0 Å². The number of hydrogen-bond acceptors (Lipinski definition) is 2. The summed E-state index contributed by atoms with van der Waals surface area (Å²) < 4.78 is 0. The van der Waals surface area contributed by atoms with Crippen LogP contribution in [0, 0.1) is 5.92 Å².